The maximum Gasteiger partial charge on any atom is 0.256 e. The van der Waals surface area contributed by atoms with Gasteiger partial charge in [0.1, 0.15) is 0 Å². The Hall–Kier alpha value is -0.980. The minimum absolute atomic E-state index is 0.0417. The average Bonchev–Trinajstić information content (AvgIpc) is 2.48. The number of hydrogen-bond donors (Lipinski definition) is 1. The molecule has 0 saturated carbocycles. The molecule has 2 aromatic heterocycles. The van der Waals surface area contributed by atoms with Crippen LogP contribution in [0.3, 0.4) is 0 Å². The minimum Gasteiger partial charge on any atom is -0.242 e. The van der Waals surface area contributed by atoms with Crippen LogP contribution in [0.1, 0.15) is 0 Å². The van der Waals surface area contributed by atoms with Crippen molar-refractivity contribution >= 4 is 31.4 Å². The van der Waals surface area contributed by atoms with Crippen LogP contribution in [0.15, 0.2) is 28.7 Å². The Labute approximate surface area is 79.1 Å². The van der Waals surface area contributed by atoms with Crippen molar-refractivity contribution in [2.45, 2.75) is 5.03 Å². The fourth-order valence-corrected chi connectivity index (χ4v) is 2.92. The molecular weight excluding hydrogens is 208 g/mol. The van der Waals surface area contributed by atoms with Gasteiger partial charge >= 0.3 is 0 Å². The molecule has 0 bridgehead atoms. The predicted octanol–water partition coefficient (Wildman–Crippen LogP) is 0.944. The molecule has 6 heteroatoms. The highest BCUT2D eigenvalue weighted by Crippen LogP contribution is 2.24. The number of hydrogen-bond acceptors (Lipinski definition) is 4. The summed E-state index contributed by atoms with van der Waals surface area (Å²) in [6.45, 7) is 0. The molecule has 0 fully saturated rings. The molecule has 0 amide bonds. The standard InChI is InChI=1S/C7H6N2O2S2/c8-13(10,11)7-6-5(1-3-9-7)2-4-12-6/h1-4H,(H2,8,10,11). The van der Waals surface area contributed by atoms with E-state index in [-0.39, 0.29) is 5.03 Å². The summed E-state index contributed by atoms with van der Waals surface area (Å²) in [5, 5.41) is 7.61. The molecule has 0 atom stereocenters. The summed E-state index contributed by atoms with van der Waals surface area (Å²) < 4.78 is 22.7. The highest BCUT2D eigenvalue weighted by atomic mass is 32.2. The van der Waals surface area contributed by atoms with Gasteiger partial charge in [-0.25, -0.2) is 18.5 Å². The molecule has 0 aliphatic rings. The van der Waals surface area contributed by atoms with Gasteiger partial charge in [-0.2, -0.15) is 0 Å². The van der Waals surface area contributed by atoms with Crippen LogP contribution in [0.5, 0.6) is 0 Å². The number of fused-ring (bicyclic) bond motifs is 1. The predicted molar refractivity (Wildman–Crippen MR) is 51.0 cm³/mol. The number of nitrogens with two attached hydrogens (primary N) is 1. The van der Waals surface area contributed by atoms with Crippen LogP contribution in [-0.4, -0.2) is 13.4 Å². The summed E-state index contributed by atoms with van der Waals surface area (Å²) >= 11 is 1.32. The van der Waals surface area contributed by atoms with Gasteiger partial charge < -0.3 is 0 Å². The second-order valence-corrected chi connectivity index (χ2v) is 4.89. The Morgan fingerprint density at radius 3 is 2.85 bits per heavy atom. The van der Waals surface area contributed by atoms with Crippen molar-refractivity contribution in [1.82, 2.24) is 4.98 Å². The molecule has 2 N–H and O–H groups in total. The van der Waals surface area contributed by atoms with Gasteiger partial charge in [-0.05, 0) is 22.9 Å². The second-order valence-electron chi connectivity index (χ2n) is 2.50. The number of nitrogens with zero attached hydrogens (tertiary/aromatic N) is 1. The Bertz CT molecular complexity index is 544. The van der Waals surface area contributed by atoms with E-state index in [4.69, 9.17) is 5.14 Å². The van der Waals surface area contributed by atoms with Crippen molar-refractivity contribution in [1.29, 1.82) is 0 Å². The molecule has 0 aromatic carbocycles. The lowest BCUT2D eigenvalue weighted by molar-refractivity contribution is 0.595. The molecule has 0 spiro atoms. The number of aromatic nitrogens is 1. The second kappa shape index (κ2) is 2.76. The molecule has 0 radical (unpaired) electrons. The third-order valence-electron chi connectivity index (χ3n) is 1.61. The number of rotatable bonds is 1. The van der Waals surface area contributed by atoms with Crippen molar-refractivity contribution < 1.29 is 8.42 Å². The third-order valence-corrected chi connectivity index (χ3v) is 3.52. The summed E-state index contributed by atoms with van der Waals surface area (Å²) in [6.07, 6.45) is 1.44. The Morgan fingerprint density at radius 2 is 2.15 bits per heavy atom. The fraction of sp³-hybridized carbons (Fsp3) is 0. The van der Waals surface area contributed by atoms with Crippen LogP contribution >= 0.6 is 11.3 Å². The lowest BCUT2D eigenvalue weighted by Crippen LogP contribution is -2.13. The molecule has 0 aliphatic heterocycles. The molecule has 68 valence electrons. The van der Waals surface area contributed by atoms with Gasteiger partial charge in [-0.15, -0.1) is 11.3 Å². The molecule has 2 heterocycles. The fourth-order valence-electron chi connectivity index (χ4n) is 1.07. The Balaban J connectivity index is 2.91. The van der Waals surface area contributed by atoms with E-state index < -0.39 is 10.0 Å². The summed E-state index contributed by atoms with van der Waals surface area (Å²) in [4.78, 5) is 3.75. The Kier molecular flexibility index (Phi) is 1.83. The van der Waals surface area contributed by atoms with Gasteiger partial charge in [0.15, 0.2) is 5.03 Å². The first kappa shape index (κ1) is 8.61. The van der Waals surface area contributed by atoms with Crippen molar-refractivity contribution in [3.63, 3.8) is 0 Å². The van der Waals surface area contributed by atoms with E-state index >= 15 is 0 Å². The zero-order valence-corrected chi connectivity index (χ0v) is 8.10. The summed E-state index contributed by atoms with van der Waals surface area (Å²) in [5.41, 5.74) is 0. The van der Waals surface area contributed by atoms with E-state index in [1.54, 1.807) is 11.4 Å². The molecule has 13 heavy (non-hydrogen) atoms. The first-order chi connectivity index (χ1) is 6.09. The van der Waals surface area contributed by atoms with Gasteiger partial charge in [0, 0.05) is 6.20 Å². The zero-order valence-electron chi connectivity index (χ0n) is 6.47. The van der Waals surface area contributed by atoms with E-state index in [9.17, 15) is 8.42 Å². The van der Waals surface area contributed by atoms with Crippen molar-refractivity contribution in [3.8, 4) is 0 Å². The van der Waals surface area contributed by atoms with Crippen molar-refractivity contribution in [2.75, 3.05) is 0 Å². The molecular formula is C7H6N2O2S2. The lowest BCUT2D eigenvalue weighted by Gasteiger charge is -1.97. The molecule has 2 rings (SSSR count). The SMILES string of the molecule is NS(=O)(=O)c1nccc2ccsc12. The maximum absolute atomic E-state index is 11.1. The summed E-state index contributed by atoms with van der Waals surface area (Å²) in [7, 11) is -3.70. The van der Waals surface area contributed by atoms with E-state index in [1.165, 1.54) is 17.5 Å². The first-order valence-corrected chi connectivity index (χ1v) is 5.86. The van der Waals surface area contributed by atoms with Crippen LogP contribution in [0.4, 0.5) is 0 Å². The molecule has 0 unspecified atom stereocenters. The van der Waals surface area contributed by atoms with E-state index in [2.05, 4.69) is 4.98 Å². The van der Waals surface area contributed by atoms with Gasteiger partial charge in [0.05, 0.1) is 4.70 Å². The average molecular weight is 214 g/mol. The zero-order chi connectivity index (χ0) is 9.47. The maximum atomic E-state index is 11.1. The molecule has 0 aliphatic carbocycles. The van der Waals surface area contributed by atoms with E-state index in [1.807, 2.05) is 6.07 Å². The smallest absolute Gasteiger partial charge is 0.242 e. The topological polar surface area (TPSA) is 73.1 Å². The van der Waals surface area contributed by atoms with Crippen LogP contribution in [0.25, 0.3) is 10.1 Å². The van der Waals surface area contributed by atoms with E-state index in [0.29, 0.717) is 4.70 Å². The van der Waals surface area contributed by atoms with Gasteiger partial charge in [-0.3, -0.25) is 0 Å². The summed E-state index contributed by atoms with van der Waals surface area (Å²) in [6, 6.07) is 3.58. The van der Waals surface area contributed by atoms with Crippen LogP contribution in [0, 0.1) is 0 Å². The number of pyridine rings is 1. The highest BCUT2D eigenvalue weighted by molar-refractivity contribution is 7.89. The van der Waals surface area contributed by atoms with Crippen LogP contribution in [-0.2, 0) is 10.0 Å². The number of sulfonamides is 1. The third kappa shape index (κ3) is 1.43. The van der Waals surface area contributed by atoms with E-state index in [0.717, 1.165) is 5.39 Å². The molecule has 0 saturated heterocycles. The Morgan fingerprint density at radius 1 is 1.38 bits per heavy atom. The van der Waals surface area contributed by atoms with Crippen molar-refractivity contribution in [3.05, 3.63) is 23.7 Å². The first-order valence-electron chi connectivity index (χ1n) is 3.44. The number of thiophene rings is 1. The summed E-state index contributed by atoms with van der Waals surface area (Å²) in [5.74, 6) is 0. The van der Waals surface area contributed by atoms with Gasteiger partial charge in [-0.1, -0.05) is 0 Å². The number of primary sulfonamides is 1. The van der Waals surface area contributed by atoms with Crippen LogP contribution < -0.4 is 5.14 Å². The molecule has 4 nitrogen and oxygen atoms in total. The lowest BCUT2D eigenvalue weighted by atomic mass is 10.3. The normalized spacial score (nSPS) is 12.1. The van der Waals surface area contributed by atoms with Crippen LogP contribution in [0.2, 0.25) is 0 Å². The van der Waals surface area contributed by atoms with Gasteiger partial charge in [0.2, 0.25) is 0 Å². The van der Waals surface area contributed by atoms with Gasteiger partial charge in [0.25, 0.3) is 10.0 Å². The highest BCUT2D eigenvalue weighted by Gasteiger charge is 2.14. The monoisotopic (exact) mass is 214 g/mol. The quantitative estimate of drug-likeness (QED) is 0.767. The minimum atomic E-state index is -3.70. The largest absolute Gasteiger partial charge is 0.256 e. The molecule has 2 aromatic rings. The van der Waals surface area contributed by atoms with Crippen molar-refractivity contribution in [2.24, 2.45) is 5.14 Å².